The lowest BCUT2D eigenvalue weighted by Gasteiger charge is -2.30. The van der Waals surface area contributed by atoms with Gasteiger partial charge in [0.1, 0.15) is 30.3 Å². The number of rotatable bonds is 4. The molecule has 0 spiro atoms. The monoisotopic (exact) mass is 447 g/mol. The molecule has 2 aromatic carbocycles. The first kappa shape index (κ1) is 20.1. The van der Waals surface area contributed by atoms with Gasteiger partial charge in [0, 0.05) is 36.8 Å². The van der Waals surface area contributed by atoms with Crippen LogP contribution in [-0.4, -0.2) is 60.8 Å². The van der Waals surface area contributed by atoms with Crippen molar-refractivity contribution >= 4 is 22.5 Å². The van der Waals surface area contributed by atoms with Crippen LogP contribution in [0.2, 0.25) is 0 Å². The molecular weight excluding hydrogens is 422 g/mol. The van der Waals surface area contributed by atoms with E-state index in [-0.39, 0.29) is 24.7 Å². The number of fused-ring (bicyclic) bond motifs is 4. The highest BCUT2D eigenvalue weighted by atomic mass is 16.6. The standard InChI is InChI=1S/C25H25N3O5/c1-15-2-4-19-20(26-15)5-7-23-25(19)33-18(13-30-23)12-28-9-8-17(11-28)32-16-3-6-22-21(10-16)27-24(29)14-31-22/h2-7,10,17-18H,8-9,11-14H2,1H3,(H,27,29)/t17-,18-/m0/s1. The van der Waals surface area contributed by atoms with Gasteiger partial charge in [0.2, 0.25) is 0 Å². The number of pyridine rings is 1. The molecule has 0 unspecified atom stereocenters. The van der Waals surface area contributed by atoms with E-state index < -0.39 is 0 Å². The molecule has 4 heterocycles. The fourth-order valence-electron chi connectivity index (χ4n) is 4.64. The number of hydrogen-bond acceptors (Lipinski definition) is 7. The predicted molar refractivity (Wildman–Crippen MR) is 122 cm³/mol. The first-order chi connectivity index (χ1) is 16.1. The zero-order chi connectivity index (χ0) is 22.4. The third kappa shape index (κ3) is 4.02. The molecule has 2 atom stereocenters. The number of nitrogens with zero attached hydrogens (tertiary/aromatic N) is 2. The maximum atomic E-state index is 11.6. The van der Waals surface area contributed by atoms with Crippen molar-refractivity contribution in [3.63, 3.8) is 0 Å². The van der Waals surface area contributed by atoms with Crippen molar-refractivity contribution in [2.24, 2.45) is 0 Å². The maximum absolute atomic E-state index is 11.6. The SMILES string of the molecule is Cc1ccc2c3c(ccc2n1)OC[C@H](CN1CC[C@H](Oc2ccc4c(c2)NC(=O)CO4)C1)O3. The minimum absolute atomic E-state index is 0.0498. The number of aryl methyl sites for hydroxylation is 1. The highest BCUT2D eigenvalue weighted by Crippen LogP contribution is 2.38. The molecule has 1 saturated heterocycles. The molecular formula is C25H25N3O5. The quantitative estimate of drug-likeness (QED) is 0.658. The van der Waals surface area contributed by atoms with Gasteiger partial charge in [-0.1, -0.05) is 0 Å². The van der Waals surface area contributed by atoms with Crippen LogP contribution in [0.4, 0.5) is 5.69 Å². The van der Waals surface area contributed by atoms with Gasteiger partial charge in [0.25, 0.3) is 5.91 Å². The van der Waals surface area contributed by atoms with Gasteiger partial charge in [-0.2, -0.15) is 0 Å². The number of carbonyl (C=O) groups excluding carboxylic acids is 1. The topological polar surface area (TPSA) is 82.2 Å². The summed E-state index contributed by atoms with van der Waals surface area (Å²) in [6.07, 6.45) is 0.947. The molecule has 0 aliphatic carbocycles. The molecule has 0 saturated carbocycles. The van der Waals surface area contributed by atoms with Crippen molar-refractivity contribution < 1.29 is 23.7 Å². The van der Waals surface area contributed by atoms with E-state index >= 15 is 0 Å². The van der Waals surface area contributed by atoms with Crippen molar-refractivity contribution in [1.82, 2.24) is 9.88 Å². The first-order valence-corrected chi connectivity index (χ1v) is 11.3. The van der Waals surface area contributed by atoms with Crippen LogP contribution in [-0.2, 0) is 4.79 Å². The Morgan fingerprint density at radius 1 is 1.15 bits per heavy atom. The molecule has 8 nitrogen and oxygen atoms in total. The van der Waals surface area contributed by atoms with Gasteiger partial charge in [-0.05, 0) is 49.7 Å². The predicted octanol–water partition coefficient (Wildman–Crippen LogP) is 3.17. The highest BCUT2D eigenvalue weighted by molar-refractivity contribution is 5.95. The van der Waals surface area contributed by atoms with Gasteiger partial charge in [-0.25, -0.2) is 0 Å². The Morgan fingerprint density at radius 3 is 3.00 bits per heavy atom. The summed E-state index contributed by atoms with van der Waals surface area (Å²) in [5, 5.41) is 3.80. The number of ether oxygens (including phenoxy) is 4. The molecule has 3 aromatic rings. The maximum Gasteiger partial charge on any atom is 0.262 e. The van der Waals surface area contributed by atoms with Crippen LogP contribution in [0, 0.1) is 6.92 Å². The van der Waals surface area contributed by atoms with Crippen LogP contribution < -0.4 is 24.3 Å². The van der Waals surface area contributed by atoms with Gasteiger partial charge < -0.3 is 24.3 Å². The van der Waals surface area contributed by atoms with Gasteiger partial charge in [-0.3, -0.25) is 14.7 Å². The van der Waals surface area contributed by atoms with Crippen molar-refractivity contribution in [1.29, 1.82) is 0 Å². The largest absolute Gasteiger partial charge is 0.489 e. The zero-order valence-corrected chi connectivity index (χ0v) is 18.4. The molecule has 1 fully saturated rings. The van der Waals surface area contributed by atoms with Gasteiger partial charge in [-0.15, -0.1) is 0 Å². The molecule has 1 amide bonds. The first-order valence-electron chi connectivity index (χ1n) is 11.3. The van der Waals surface area contributed by atoms with E-state index in [1.807, 2.05) is 49.4 Å². The molecule has 3 aliphatic heterocycles. The van der Waals surface area contributed by atoms with Crippen LogP contribution in [0.3, 0.4) is 0 Å². The normalized spacial score (nSPS) is 21.9. The van der Waals surface area contributed by atoms with E-state index in [9.17, 15) is 4.79 Å². The second-order valence-corrected chi connectivity index (χ2v) is 8.75. The molecule has 1 N–H and O–H groups in total. The second-order valence-electron chi connectivity index (χ2n) is 8.75. The Hall–Kier alpha value is -3.52. The Labute approximate surface area is 191 Å². The summed E-state index contributed by atoms with van der Waals surface area (Å²) in [4.78, 5) is 18.5. The van der Waals surface area contributed by atoms with Crippen molar-refractivity contribution in [3.8, 4) is 23.0 Å². The Kier molecular flexibility index (Phi) is 4.95. The summed E-state index contributed by atoms with van der Waals surface area (Å²) in [7, 11) is 0. The fraction of sp³-hybridized carbons (Fsp3) is 0.360. The lowest BCUT2D eigenvalue weighted by atomic mass is 10.1. The average molecular weight is 447 g/mol. The number of aromatic nitrogens is 1. The zero-order valence-electron chi connectivity index (χ0n) is 18.4. The van der Waals surface area contributed by atoms with Crippen molar-refractivity contribution in [2.75, 3.05) is 38.2 Å². The van der Waals surface area contributed by atoms with Crippen LogP contribution in [0.5, 0.6) is 23.0 Å². The van der Waals surface area contributed by atoms with Crippen LogP contribution in [0.25, 0.3) is 10.9 Å². The van der Waals surface area contributed by atoms with Crippen LogP contribution >= 0.6 is 0 Å². The molecule has 170 valence electrons. The summed E-state index contributed by atoms with van der Waals surface area (Å²) in [5.74, 6) is 2.80. The number of benzene rings is 2. The summed E-state index contributed by atoms with van der Waals surface area (Å²) in [6.45, 7) is 5.06. The van der Waals surface area contributed by atoms with E-state index in [0.717, 1.165) is 59.9 Å². The van der Waals surface area contributed by atoms with Crippen molar-refractivity contribution in [2.45, 2.75) is 25.6 Å². The summed E-state index contributed by atoms with van der Waals surface area (Å²) in [5.41, 5.74) is 2.55. The third-order valence-electron chi connectivity index (χ3n) is 6.21. The number of amides is 1. The number of carbonyl (C=O) groups is 1. The molecule has 0 bridgehead atoms. The van der Waals surface area contributed by atoms with Gasteiger partial charge in [0.15, 0.2) is 18.1 Å². The van der Waals surface area contributed by atoms with E-state index in [0.29, 0.717) is 18.0 Å². The second kappa shape index (κ2) is 8.12. The van der Waals surface area contributed by atoms with E-state index in [1.165, 1.54) is 0 Å². The number of anilines is 1. The molecule has 33 heavy (non-hydrogen) atoms. The lowest BCUT2D eigenvalue weighted by molar-refractivity contribution is -0.118. The molecule has 0 radical (unpaired) electrons. The lowest BCUT2D eigenvalue weighted by Crippen LogP contribution is -2.40. The Bertz CT molecular complexity index is 1230. The summed E-state index contributed by atoms with van der Waals surface area (Å²) < 4.78 is 24.0. The van der Waals surface area contributed by atoms with E-state index in [4.69, 9.17) is 18.9 Å². The van der Waals surface area contributed by atoms with Gasteiger partial charge in [0.05, 0.1) is 11.2 Å². The number of likely N-dealkylation sites (tertiary alicyclic amines) is 1. The molecule has 8 heteroatoms. The minimum atomic E-state index is -0.151. The Balaban J connectivity index is 1.09. The van der Waals surface area contributed by atoms with Crippen LogP contribution in [0.1, 0.15) is 12.1 Å². The van der Waals surface area contributed by atoms with E-state index in [2.05, 4.69) is 15.2 Å². The summed E-state index contributed by atoms with van der Waals surface area (Å²) >= 11 is 0. The average Bonchev–Trinajstić information content (AvgIpc) is 3.25. The molecule has 6 rings (SSSR count). The highest BCUT2D eigenvalue weighted by Gasteiger charge is 2.30. The molecule has 3 aliphatic rings. The Morgan fingerprint density at radius 2 is 2.06 bits per heavy atom. The number of hydrogen-bond donors (Lipinski definition) is 1. The summed E-state index contributed by atoms with van der Waals surface area (Å²) in [6, 6.07) is 13.5. The van der Waals surface area contributed by atoms with E-state index in [1.54, 1.807) is 0 Å². The van der Waals surface area contributed by atoms with Crippen molar-refractivity contribution in [3.05, 3.63) is 48.2 Å². The smallest absolute Gasteiger partial charge is 0.262 e. The fourth-order valence-corrected chi connectivity index (χ4v) is 4.64. The van der Waals surface area contributed by atoms with Crippen LogP contribution in [0.15, 0.2) is 42.5 Å². The molecule has 1 aromatic heterocycles. The van der Waals surface area contributed by atoms with Gasteiger partial charge >= 0.3 is 0 Å². The number of nitrogens with one attached hydrogen (secondary N) is 1. The minimum Gasteiger partial charge on any atom is -0.489 e. The third-order valence-corrected chi connectivity index (χ3v) is 6.21.